The Morgan fingerprint density at radius 3 is 2.56 bits per heavy atom. The van der Waals surface area contributed by atoms with Gasteiger partial charge in [0.2, 0.25) is 5.88 Å². The van der Waals surface area contributed by atoms with E-state index in [1.54, 1.807) is 36.2 Å². The highest BCUT2D eigenvalue weighted by molar-refractivity contribution is 5.92. The number of ether oxygens (including phenoxy) is 1. The van der Waals surface area contributed by atoms with Gasteiger partial charge in [-0.3, -0.25) is 4.79 Å². The minimum absolute atomic E-state index is 0.0978. The van der Waals surface area contributed by atoms with Gasteiger partial charge in [-0.25, -0.2) is 9.67 Å². The number of hydrogen-bond donors (Lipinski definition) is 2. The SMILES string of the molecule is COc1ccc(-n2nc(C(N)=O)cc2-c2ccc(CCO)cc2)cn1. The molecule has 0 spiro atoms. The van der Waals surface area contributed by atoms with E-state index in [1.807, 2.05) is 24.3 Å². The summed E-state index contributed by atoms with van der Waals surface area (Å²) >= 11 is 0. The third-order valence-electron chi connectivity index (χ3n) is 3.79. The molecule has 0 radical (unpaired) electrons. The van der Waals surface area contributed by atoms with Gasteiger partial charge in [-0.15, -0.1) is 0 Å². The molecule has 1 aromatic carbocycles. The zero-order chi connectivity index (χ0) is 17.8. The van der Waals surface area contributed by atoms with Crippen LogP contribution in [0.2, 0.25) is 0 Å². The molecule has 7 heteroatoms. The molecule has 128 valence electrons. The van der Waals surface area contributed by atoms with Crippen molar-refractivity contribution in [2.75, 3.05) is 13.7 Å². The van der Waals surface area contributed by atoms with Gasteiger partial charge in [0.05, 0.1) is 24.7 Å². The number of hydrogen-bond acceptors (Lipinski definition) is 5. The average molecular weight is 338 g/mol. The van der Waals surface area contributed by atoms with Gasteiger partial charge in [0, 0.05) is 18.2 Å². The molecule has 0 aliphatic rings. The molecule has 2 aromatic heterocycles. The number of carbonyl (C=O) groups excluding carboxylic acids is 1. The molecule has 0 aliphatic heterocycles. The number of pyridine rings is 1. The monoisotopic (exact) mass is 338 g/mol. The van der Waals surface area contributed by atoms with E-state index in [0.717, 1.165) is 16.8 Å². The van der Waals surface area contributed by atoms with Gasteiger partial charge >= 0.3 is 0 Å². The molecule has 2 heterocycles. The van der Waals surface area contributed by atoms with Gasteiger partial charge in [0.25, 0.3) is 5.91 Å². The minimum atomic E-state index is -0.599. The predicted octanol–water partition coefficient (Wildman–Crippen LogP) is 1.58. The smallest absolute Gasteiger partial charge is 0.269 e. The third kappa shape index (κ3) is 3.51. The van der Waals surface area contributed by atoms with Crippen LogP contribution >= 0.6 is 0 Å². The summed E-state index contributed by atoms with van der Waals surface area (Å²) in [5.74, 6) is -0.112. The van der Waals surface area contributed by atoms with E-state index in [-0.39, 0.29) is 12.3 Å². The molecule has 0 saturated heterocycles. The number of methoxy groups -OCH3 is 1. The molecule has 0 aliphatic carbocycles. The van der Waals surface area contributed by atoms with Crippen LogP contribution in [0.1, 0.15) is 16.1 Å². The van der Waals surface area contributed by atoms with Gasteiger partial charge in [0.1, 0.15) is 0 Å². The molecule has 0 fully saturated rings. The minimum Gasteiger partial charge on any atom is -0.481 e. The number of aliphatic hydroxyl groups is 1. The molecule has 0 atom stereocenters. The van der Waals surface area contributed by atoms with Crippen molar-refractivity contribution >= 4 is 5.91 Å². The van der Waals surface area contributed by atoms with Crippen LogP contribution in [-0.4, -0.2) is 39.5 Å². The Balaban J connectivity index is 2.06. The van der Waals surface area contributed by atoms with E-state index < -0.39 is 5.91 Å². The first kappa shape index (κ1) is 16.7. The second-order valence-corrected chi connectivity index (χ2v) is 5.42. The molecular formula is C18H18N4O3. The van der Waals surface area contributed by atoms with E-state index in [9.17, 15) is 4.79 Å². The summed E-state index contributed by atoms with van der Waals surface area (Å²) in [5, 5.41) is 13.3. The van der Waals surface area contributed by atoms with Crippen LogP contribution in [0.3, 0.4) is 0 Å². The predicted molar refractivity (Wildman–Crippen MR) is 92.7 cm³/mol. The molecule has 7 nitrogen and oxygen atoms in total. The zero-order valence-corrected chi connectivity index (χ0v) is 13.7. The zero-order valence-electron chi connectivity index (χ0n) is 13.7. The Labute approximate surface area is 144 Å². The van der Waals surface area contributed by atoms with Crippen LogP contribution in [0.5, 0.6) is 5.88 Å². The lowest BCUT2D eigenvalue weighted by Gasteiger charge is -2.08. The normalized spacial score (nSPS) is 10.6. The largest absolute Gasteiger partial charge is 0.481 e. The van der Waals surface area contributed by atoms with Crippen LogP contribution in [0.25, 0.3) is 16.9 Å². The Bertz CT molecular complexity index is 870. The molecule has 0 unspecified atom stereocenters. The number of benzene rings is 1. The van der Waals surface area contributed by atoms with Crippen molar-refractivity contribution in [2.24, 2.45) is 5.73 Å². The van der Waals surface area contributed by atoms with Crippen LogP contribution < -0.4 is 10.5 Å². The lowest BCUT2D eigenvalue weighted by atomic mass is 10.1. The van der Waals surface area contributed by atoms with Crippen LogP contribution in [0.4, 0.5) is 0 Å². The first-order valence-corrected chi connectivity index (χ1v) is 7.73. The maximum absolute atomic E-state index is 11.6. The number of nitrogens with two attached hydrogens (primary N) is 1. The number of nitrogens with zero attached hydrogens (tertiary/aromatic N) is 3. The maximum atomic E-state index is 11.6. The first-order valence-electron chi connectivity index (χ1n) is 7.73. The van der Waals surface area contributed by atoms with Gasteiger partial charge in [-0.1, -0.05) is 24.3 Å². The quantitative estimate of drug-likeness (QED) is 0.710. The third-order valence-corrected chi connectivity index (χ3v) is 3.79. The van der Waals surface area contributed by atoms with Crippen molar-refractivity contribution in [3.63, 3.8) is 0 Å². The number of carbonyl (C=O) groups is 1. The second-order valence-electron chi connectivity index (χ2n) is 5.42. The topological polar surface area (TPSA) is 103 Å². The summed E-state index contributed by atoms with van der Waals surface area (Å²) in [7, 11) is 1.54. The van der Waals surface area contributed by atoms with Gasteiger partial charge in [0.15, 0.2) is 5.69 Å². The van der Waals surface area contributed by atoms with Gasteiger partial charge < -0.3 is 15.6 Å². The Kier molecular flexibility index (Phi) is 4.76. The molecule has 1 amide bonds. The summed E-state index contributed by atoms with van der Waals surface area (Å²) in [4.78, 5) is 15.7. The Morgan fingerprint density at radius 1 is 1.24 bits per heavy atom. The summed E-state index contributed by atoms with van der Waals surface area (Å²) in [6.45, 7) is 0.0978. The highest BCUT2D eigenvalue weighted by Gasteiger charge is 2.15. The van der Waals surface area contributed by atoms with E-state index >= 15 is 0 Å². The summed E-state index contributed by atoms with van der Waals surface area (Å²) in [6.07, 6.45) is 2.20. The van der Waals surface area contributed by atoms with E-state index in [2.05, 4.69) is 10.1 Å². The van der Waals surface area contributed by atoms with Crippen molar-refractivity contribution in [1.29, 1.82) is 0 Å². The number of amides is 1. The standard InChI is InChI=1S/C18H18N4O3/c1-25-17-7-6-14(11-20-17)22-16(10-15(21-22)18(19)24)13-4-2-12(3-5-13)8-9-23/h2-7,10-11,23H,8-9H2,1H3,(H2,19,24). The van der Waals surface area contributed by atoms with Crippen LogP contribution in [0.15, 0.2) is 48.7 Å². The number of aromatic nitrogens is 3. The molecule has 25 heavy (non-hydrogen) atoms. The van der Waals surface area contributed by atoms with Crippen molar-refractivity contribution in [2.45, 2.75) is 6.42 Å². The highest BCUT2D eigenvalue weighted by Crippen LogP contribution is 2.25. The first-order chi connectivity index (χ1) is 12.1. The lowest BCUT2D eigenvalue weighted by molar-refractivity contribution is 0.0995. The molecular weight excluding hydrogens is 320 g/mol. The van der Waals surface area contributed by atoms with E-state index in [4.69, 9.17) is 15.6 Å². The van der Waals surface area contributed by atoms with Gasteiger partial charge in [-0.2, -0.15) is 5.10 Å². The number of primary amides is 1. The number of rotatable bonds is 6. The summed E-state index contributed by atoms with van der Waals surface area (Å²) in [5.41, 5.74) is 8.86. The Morgan fingerprint density at radius 2 is 2.00 bits per heavy atom. The molecule has 3 aromatic rings. The fourth-order valence-electron chi connectivity index (χ4n) is 2.49. The van der Waals surface area contributed by atoms with Crippen molar-refractivity contribution in [1.82, 2.24) is 14.8 Å². The fraction of sp³-hybridized carbons (Fsp3) is 0.167. The highest BCUT2D eigenvalue weighted by atomic mass is 16.5. The second kappa shape index (κ2) is 7.14. The number of aliphatic hydroxyl groups excluding tert-OH is 1. The average Bonchev–Trinajstić information content (AvgIpc) is 3.08. The fourth-order valence-corrected chi connectivity index (χ4v) is 2.49. The van der Waals surface area contributed by atoms with Crippen molar-refractivity contribution in [3.05, 3.63) is 59.9 Å². The maximum Gasteiger partial charge on any atom is 0.269 e. The Hall–Kier alpha value is -3.19. The van der Waals surface area contributed by atoms with Crippen molar-refractivity contribution < 1.29 is 14.6 Å². The lowest BCUT2D eigenvalue weighted by Crippen LogP contribution is -2.12. The van der Waals surface area contributed by atoms with E-state index in [1.165, 1.54) is 0 Å². The van der Waals surface area contributed by atoms with Gasteiger partial charge in [-0.05, 0) is 24.1 Å². The molecule has 0 saturated carbocycles. The van der Waals surface area contributed by atoms with Crippen LogP contribution in [-0.2, 0) is 6.42 Å². The summed E-state index contributed by atoms with van der Waals surface area (Å²) < 4.78 is 6.68. The summed E-state index contributed by atoms with van der Waals surface area (Å²) in [6, 6.07) is 12.9. The molecule has 3 N–H and O–H groups in total. The van der Waals surface area contributed by atoms with E-state index in [0.29, 0.717) is 18.0 Å². The van der Waals surface area contributed by atoms with Crippen molar-refractivity contribution in [3.8, 4) is 22.8 Å². The van der Waals surface area contributed by atoms with Crippen LogP contribution in [0, 0.1) is 0 Å². The molecule has 0 bridgehead atoms. The molecule has 3 rings (SSSR count).